The number of imide groups is 2. The summed E-state index contributed by atoms with van der Waals surface area (Å²) < 4.78 is 5.22. The molecule has 8 nitrogen and oxygen atoms in total. The number of benzene rings is 2. The van der Waals surface area contributed by atoms with Crippen LogP contribution in [0.4, 0.5) is 0 Å². The van der Waals surface area contributed by atoms with Gasteiger partial charge in [-0.15, -0.1) is 0 Å². The van der Waals surface area contributed by atoms with Crippen LogP contribution in [-0.4, -0.2) is 59.1 Å². The van der Waals surface area contributed by atoms with Crippen LogP contribution >= 0.6 is 0 Å². The maximum atomic E-state index is 12.6. The van der Waals surface area contributed by atoms with Crippen molar-refractivity contribution in [3.05, 3.63) is 70.3 Å². The SMILES string of the molecule is CC(C)CCN1C(=O)c2ccc(C(=O)OCCN3C(=O)c4ccccc4C3=O)cc2C1=O. The van der Waals surface area contributed by atoms with E-state index in [2.05, 4.69) is 0 Å². The normalized spacial score (nSPS) is 15.0. The fourth-order valence-electron chi connectivity index (χ4n) is 3.76. The summed E-state index contributed by atoms with van der Waals surface area (Å²) in [4.78, 5) is 64.6. The second kappa shape index (κ2) is 8.37. The molecule has 2 aliphatic rings. The van der Waals surface area contributed by atoms with Gasteiger partial charge in [-0.25, -0.2) is 4.79 Å². The van der Waals surface area contributed by atoms with Crippen molar-refractivity contribution >= 4 is 29.6 Å². The Bertz CT molecular complexity index is 1120. The lowest BCUT2D eigenvalue weighted by Crippen LogP contribution is -2.33. The maximum Gasteiger partial charge on any atom is 0.338 e. The van der Waals surface area contributed by atoms with E-state index in [1.165, 1.54) is 23.1 Å². The fraction of sp³-hybridized carbons (Fsp3) is 0.292. The van der Waals surface area contributed by atoms with E-state index in [-0.39, 0.29) is 35.7 Å². The standard InChI is InChI=1S/C24H22N2O6/c1-14(2)9-10-25-22(29)18-8-7-15(13-19(18)23(25)30)24(31)32-12-11-26-20(27)16-5-3-4-6-17(16)21(26)28/h3-8,13-14H,9-12H2,1-2H3. The summed E-state index contributed by atoms with van der Waals surface area (Å²) >= 11 is 0. The van der Waals surface area contributed by atoms with Crippen molar-refractivity contribution in [3.8, 4) is 0 Å². The van der Waals surface area contributed by atoms with Crippen molar-refractivity contribution in [1.82, 2.24) is 9.80 Å². The van der Waals surface area contributed by atoms with Crippen molar-refractivity contribution in [2.75, 3.05) is 19.7 Å². The summed E-state index contributed by atoms with van der Waals surface area (Å²) in [5, 5.41) is 0. The lowest BCUT2D eigenvalue weighted by molar-refractivity contribution is 0.0420. The van der Waals surface area contributed by atoms with Gasteiger partial charge in [0.2, 0.25) is 0 Å². The first-order valence-corrected chi connectivity index (χ1v) is 10.4. The van der Waals surface area contributed by atoms with Crippen LogP contribution in [0.5, 0.6) is 0 Å². The van der Waals surface area contributed by atoms with Gasteiger partial charge in [-0.3, -0.25) is 29.0 Å². The Labute approximate surface area is 184 Å². The molecule has 2 heterocycles. The van der Waals surface area contributed by atoms with Crippen molar-refractivity contribution < 1.29 is 28.7 Å². The van der Waals surface area contributed by atoms with Crippen LogP contribution in [0.1, 0.15) is 72.1 Å². The molecule has 8 heteroatoms. The lowest BCUT2D eigenvalue weighted by Gasteiger charge is -2.14. The summed E-state index contributed by atoms with van der Waals surface area (Å²) in [6.07, 6.45) is 0.693. The van der Waals surface area contributed by atoms with Crippen LogP contribution in [0, 0.1) is 5.92 Å². The molecule has 0 bridgehead atoms. The third-order valence-corrected chi connectivity index (χ3v) is 5.56. The lowest BCUT2D eigenvalue weighted by atomic mass is 10.1. The van der Waals surface area contributed by atoms with Gasteiger partial charge >= 0.3 is 5.97 Å². The molecule has 32 heavy (non-hydrogen) atoms. The Hall–Kier alpha value is -3.81. The van der Waals surface area contributed by atoms with Crippen LogP contribution in [0.25, 0.3) is 0 Å². The molecule has 0 aromatic heterocycles. The smallest absolute Gasteiger partial charge is 0.338 e. The Morgan fingerprint density at radius 2 is 1.31 bits per heavy atom. The van der Waals surface area contributed by atoms with E-state index in [4.69, 9.17) is 4.74 Å². The van der Waals surface area contributed by atoms with Gasteiger partial charge in [0, 0.05) is 6.54 Å². The molecule has 4 amide bonds. The van der Waals surface area contributed by atoms with Crippen molar-refractivity contribution in [3.63, 3.8) is 0 Å². The number of hydrogen-bond acceptors (Lipinski definition) is 6. The molecule has 0 spiro atoms. The molecular formula is C24H22N2O6. The van der Waals surface area contributed by atoms with E-state index in [0.717, 1.165) is 4.90 Å². The molecule has 0 fully saturated rings. The summed E-state index contributed by atoms with van der Waals surface area (Å²) in [5.41, 5.74) is 1.22. The molecule has 0 unspecified atom stereocenters. The minimum atomic E-state index is -0.703. The first kappa shape index (κ1) is 21.4. The number of hydrogen-bond donors (Lipinski definition) is 0. The number of carbonyl (C=O) groups is 5. The zero-order chi connectivity index (χ0) is 23.0. The second-order valence-corrected chi connectivity index (χ2v) is 8.15. The Morgan fingerprint density at radius 1 is 0.781 bits per heavy atom. The highest BCUT2D eigenvalue weighted by atomic mass is 16.5. The number of esters is 1. The van der Waals surface area contributed by atoms with E-state index in [9.17, 15) is 24.0 Å². The largest absolute Gasteiger partial charge is 0.460 e. The van der Waals surface area contributed by atoms with E-state index in [0.29, 0.717) is 30.0 Å². The van der Waals surface area contributed by atoms with Gasteiger partial charge in [0.15, 0.2) is 0 Å². The molecule has 2 aliphatic heterocycles. The maximum absolute atomic E-state index is 12.6. The number of fused-ring (bicyclic) bond motifs is 2. The molecule has 0 saturated carbocycles. The average molecular weight is 434 g/mol. The van der Waals surface area contributed by atoms with Crippen molar-refractivity contribution in [2.24, 2.45) is 5.92 Å². The Kier molecular flexibility index (Phi) is 5.61. The summed E-state index contributed by atoms with van der Waals surface area (Å²) in [7, 11) is 0. The zero-order valence-corrected chi connectivity index (χ0v) is 17.8. The monoisotopic (exact) mass is 434 g/mol. The molecule has 164 valence electrons. The number of ether oxygens (including phenoxy) is 1. The Morgan fingerprint density at radius 3 is 1.91 bits per heavy atom. The molecule has 0 saturated heterocycles. The topological polar surface area (TPSA) is 101 Å². The molecule has 2 aromatic rings. The van der Waals surface area contributed by atoms with E-state index in [1.54, 1.807) is 24.3 Å². The highest BCUT2D eigenvalue weighted by molar-refractivity contribution is 6.22. The molecule has 0 aliphatic carbocycles. The quantitative estimate of drug-likeness (QED) is 0.491. The van der Waals surface area contributed by atoms with Gasteiger partial charge in [-0.1, -0.05) is 26.0 Å². The highest BCUT2D eigenvalue weighted by Crippen LogP contribution is 2.25. The highest BCUT2D eigenvalue weighted by Gasteiger charge is 2.36. The number of carbonyl (C=O) groups excluding carboxylic acids is 5. The molecule has 4 rings (SSSR count). The van der Waals surface area contributed by atoms with Gasteiger partial charge < -0.3 is 4.74 Å². The van der Waals surface area contributed by atoms with Crippen LogP contribution in [-0.2, 0) is 4.74 Å². The third kappa shape index (κ3) is 3.68. The minimum Gasteiger partial charge on any atom is -0.460 e. The molecule has 0 atom stereocenters. The van der Waals surface area contributed by atoms with Gasteiger partial charge in [-0.2, -0.15) is 0 Å². The van der Waals surface area contributed by atoms with Crippen molar-refractivity contribution in [1.29, 1.82) is 0 Å². The number of nitrogens with zero attached hydrogens (tertiary/aromatic N) is 2. The third-order valence-electron chi connectivity index (χ3n) is 5.56. The summed E-state index contributed by atoms with van der Waals surface area (Å²) in [5.74, 6) is -2.01. The van der Waals surface area contributed by atoms with Gasteiger partial charge in [-0.05, 0) is 42.7 Å². The molecule has 2 aromatic carbocycles. The Balaban J connectivity index is 1.39. The van der Waals surface area contributed by atoms with Crippen LogP contribution in [0.15, 0.2) is 42.5 Å². The predicted molar refractivity (Wildman–Crippen MR) is 113 cm³/mol. The van der Waals surface area contributed by atoms with Gasteiger partial charge in [0.25, 0.3) is 23.6 Å². The first-order valence-electron chi connectivity index (χ1n) is 10.4. The van der Waals surface area contributed by atoms with Crippen LogP contribution in [0.3, 0.4) is 0 Å². The predicted octanol–water partition coefficient (Wildman–Crippen LogP) is 2.78. The van der Waals surface area contributed by atoms with Gasteiger partial charge in [0.1, 0.15) is 6.61 Å². The molecule has 0 N–H and O–H groups in total. The van der Waals surface area contributed by atoms with Crippen LogP contribution in [0.2, 0.25) is 0 Å². The molecule has 0 radical (unpaired) electrons. The van der Waals surface area contributed by atoms with Crippen LogP contribution < -0.4 is 0 Å². The van der Waals surface area contributed by atoms with E-state index >= 15 is 0 Å². The van der Waals surface area contributed by atoms with E-state index in [1.807, 2.05) is 13.8 Å². The first-order chi connectivity index (χ1) is 15.3. The second-order valence-electron chi connectivity index (χ2n) is 8.15. The average Bonchev–Trinajstić information content (AvgIpc) is 3.17. The minimum absolute atomic E-state index is 0.0799. The zero-order valence-electron chi connectivity index (χ0n) is 17.8. The van der Waals surface area contributed by atoms with E-state index < -0.39 is 23.7 Å². The number of amides is 4. The summed E-state index contributed by atoms with van der Waals surface area (Å²) in [6.45, 7) is 4.07. The van der Waals surface area contributed by atoms with Gasteiger partial charge in [0.05, 0.1) is 34.4 Å². The fourth-order valence-corrected chi connectivity index (χ4v) is 3.76. The number of rotatable bonds is 7. The molecular weight excluding hydrogens is 412 g/mol. The summed E-state index contributed by atoms with van der Waals surface area (Å²) in [6, 6.07) is 10.7. The van der Waals surface area contributed by atoms with Crippen molar-refractivity contribution in [2.45, 2.75) is 20.3 Å².